The van der Waals surface area contributed by atoms with E-state index in [-0.39, 0.29) is 0 Å². The number of nitrogens with one attached hydrogen (secondary N) is 1. The minimum absolute atomic E-state index is 0.654. The van der Waals surface area contributed by atoms with Crippen LogP contribution in [0.3, 0.4) is 0 Å². The number of aliphatic hydroxyl groups is 1. The third-order valence-electron chi connectivity index (χ3n) is 3.57. The smallest absolute Gasteiger partial charge is 0.133 e. The Hall–Kier alpha value is -2.65. The van der Waals surface area contributed by atoms with E-state index in [0.717, 1.165) is 28.2 Å². The zero-order valence-electron chi connectivity index (χ0n) is 12.4. The Kier molecular flexibility index (Phi) is 4.17. The number of hydrogen-bond donors (Lipinski definition) is 2. The summed E-state index contributed by atoms with van der Waals surface area (Å²) in [5.74, 6) is 0.801. The van der Waals surface area contributed by atoms with Gasteiger partial charge in [0.25, 0.3) is 0 Å². The quantitative estimate of drug-likeness (QED) is 0.756. The number of aryl methyl sites for hydroxylation is 1. The highest BCUT2D eigenvalue weighted by Crippen LogP contribution is 2.25. The number of hydrogen-bond acceptors (Lipinski definition) is 3. The lowest BCUT2D eigenvalue weighted by molar-refractivity contribution is 0.220. The van der Waals surface area contributed by atoms with Crippen LogP contribution in [0, 0.1) is 6.92 Å². The van der Waals surface area contributed by atoms with E-state index in [4.69, 9.17) is 0 Å². The van der Waals surface area contributed by atoms with E-state index < -0.39 is 6.10 Å². The first-order chi connectivity index (χ1) is 10.7. The van der Waals surface area contributed by atoms with E-state index in [1.165, 1.54) is 0 Å². The minimum atomic E-state index is -0.654. The summed E-state index contributed by atoms with van der Waals surface area (Å²) in [7, 11) is 0. The minimum Gasteiger partial charge on any atom is -0.384 e. The van der Waals surface area contributed by atoms with Crippen LogP contribution in [-0.2, 0) is 0 Å². The van der Waals surface area contributed by atoms with Crippen molar-refractivity contribution in [2.75, 3.05) is 5.32 Å². The Bertz CT molecular complexity index is 742. The highest BCUT2D eigenvalue weighted by Gasteiger charge is 2.12. The van der Waals surface area contributed by atoms with Gasteiger partial charge in [-0.1, -0.05) is 48.5 Å². The van der Waals surface area contributed by atoms with Gasteiger partial charge in [-0.15, -0.1) is 0 Å². The number of rotatable bonds is 4. The summed E-state index contributed by atoms with van der Waals surface area (Å²) in [6.07, 6.45) is 1.06. The summed E-state index contributed by atoms with van der Waals surface area (Å²) in [5.41, 5.74) is 3.65. The molecule has 3 rings (SSSR count). The fraction of sp³-hybridized carbons (Fsp3) is 0.105. The molecule has 1 unspecified atom stereocenters. The SMILES string of the molecule is Cc1cc(C(O)c2ccccc2)cnc1Nc1ccccc1. The summed E-state index contributed by atoms with van der Waals surface area (Å²) < 4.78 is 0. The van der Waals surface area contributed by atoms with Crippen LogP contribution in [0.1, 0.15) is 22.8 Å². The number of aliphatic hydroxyl groups excluding tert-OH is 1. The van der Waals surface area contributed by atoms with E-state index in [2.05, 4.69) is 10.3 Å². The predicted molar refractivity (Wildman–Crippen MR) is 89.2 cm³/mol. The van der Waals surface area contributed by atoms with Crippen LogP contribution in [0.4, 0.5) is 11.5 Å². The fourth-order valence-corrected chi connectivity index (χ4v) is 2.36. The first kappa shape index (κ1) is 14.3. The molecule has 110 valence electrons. The van der Waals surface area contributed by atoms with Crippen LogP contribution in [-0.4, -0.2) is 10.1 Å². The molecule has 0 saturated carbocycles. The molecule has 0 amide bonds. The monoisotopic (exact) mass is 290 g/mol. The molecule has 1 heterocycles. The van der Waals surface area contributed by atoms with Crippen LogP contribution in [0.2, 0.25) is 0 Å². The molecule has 3 heteroatoms. The van der Waals surface area contributed by atoms with Gasteiger partial charge in [0.2, 0.25) is 0 Å². The summed E-state index contributed by atoms with van der Waals surface area (Å²) in [6.45, 7) is 1.99. The molecule has 0 aliphatic heterocycles. The standard InChI is InChI=1S/C19H18N2O/c1-14-12-16(18(22)15-8-4-2-5-9-15)13-20-19(14)21-17-10-6-3-7-11-17/h2-13,18,22H,1H3,(H,20,21). The van der Waals surface area contributed by atoms with E-state index in [1.807, 2.05) is 73.7 Å². The third-order valence-corrected chi connectivity index (χ3v) is 3.57. The number of nitrogens with zero attached hydrogens (tertiary/aromatic N) is 1. The maximum Gasteiger partial charge on any atom is 0.133 e. The van der Waals surface area contributed by atoms with Gasteiger partial charge >= 0.3 is 0 Å². The van der Waals surface area contributed by atoms with E-state index in [0.29, 0.717) is 0 Å². The first-order valence-corrected chi connectivity index (χ1v) is 7.25. The molecule has 0 aliphatic rings. The van der Waals surface area contributed by atoms with Crippen molar-refractivity contribution in [2.24, 2.45) is 0 Å². The third kappa shape index (κ3) is 3.15. The van der Waals surface area contributed by atoms with Crippen molar-refractivity contribution in [2.45, 2.75) is 13.0 Å². The first-order valence-electron chi connectivity index (χ1n) is 7.25. The zero-order valence-corrected chi connectivity index (χ0v) is 12.4. The largest absolute Gasteiger partial charge is 0.384 e. The van der Waals surface area contributed by atoms with Crippen molar-refractivity contribution < 1.29 is 5.11 Å². The second-order valence-corrected chi connectivity index (χ2v) is 5.24. The van der Waals surface area contributed by atoms with E-state index in [9.17, 15) is 5.11 Å². The van der Waals surface area contributed by atoms with Crippen molar-refractivity contribution in [3.63, 3.8) is 0 Å². The second-order valence-electron chi connectivity index (χ2n) is 5.24. The van der Waals surface area contributed by atoms with Gasteiger partial charge in [0.1, 0.15) is 11.9 Å². The molecule has 3 aromatic rings. The maximum atomic E-state index is 10.4. The molecule has 0 spiro atoms. The van der Waals surface area contributed by atoms with Gasteiger partial charge in [-0.25, -0.2) is 4.98 Å². The molecule has 2 aromatic carbocycles. The average Bonchev–Trinajstić information content (AvgIpc) is 2.58. The molecule has 1 atom stereocenters. The van der Waals surface area contributed by atoms with Crippen LogP contribution < -0.4 is 5.32 Å². The normalized spacial score (nSPS) is 11.9. The lowest BCUT2D eigenvalue weighted by atomic mass is 10.0. The van der Waals surface area contributed by atoms with Gasteiger partial charge in [0.15, 0.2) is 0 Å². The fourth-order valence-electron chi connectivity index (χ4n) is 2.36. The van der Waals surface area contributed by atoms with Crippen LogP contribution in [0.15, 0.2) is 72.9 Å². The molecule has 3 nitrogen and oxygen atoms in total. The second kappa shape index (κ2) is 6.41. The van der Waals surface area contributed by atoms with Crippen molar-refractivity contribution in [3.05, 3.63) is 89.6 Å². The lowest BCUT2D eigenvalue weighted by Crippen LogP contribution is -2.03. The highest BCUT2D eigenvalue weighted by atomic mass is 16.3. The van der Waals surface area contributed by atoms with Gasteiger partial charge in [0, 0.05) is 17.4 Å². The molecule has 2 N–H and O–H groups in total. The number of pyridine rings is 1. The van der Waals surface area contributed by atoms with Gasteiger partial charge in [-0.05, 0) is 36.2 Å². The van der Waals surface area contributed by atoms with Gasteiger partial charge in [-0.2, -0.15) is 0 Å². The molecule has 0 bridgehead atoms. The Balaban J connectivity index is 1.83. The topological polar surface area (TPSA) is 45.2 Å². The van der Waals surface area contributed by atoms with Gasteiger partial charge < -0.3 is 10.4 Å². The Morgan fingerprint density at radius 1 is 0.909 bits per heavy atom. The number of aromatic nitrogens is 1. The summed E-state index contributed by atoms with van der Waals surface area (Å²) in [6, 6.07) is 21.5. The maximum absolute atomic E-state index is 10.4. The average molecular weight is 290 g/mol. The Morgan fingerprint density at radius 2 is 1.55 bits per heavy atom. The molecule has 0 aliphatic carbocycles. The van der Waals surface area contributed by atoms with Crippen molar-refractivity contribution in [3.8, 4) is 0 Å². The van der Waals surface area contributed by atoms with Crippen LogP contribution in [0.5, 0.6) is 0 Å². The zero-order chi connectivity index (χ0) is 15.4. The summed E-state index contributed by atoms with van der Waals surface area (Å²) in [4.78, 5) is 4.45. The predicted octanol–water partition coefficient (Wildman–Crippen LogP) is 4.22. The summed E-state index contributed by atoms with van der Waals surface area (Å²) in [5, 5.41) is 13.7. The molecule has 0 fully saturated rings. The molecule has 0 radical (unpaired) electrons. The van der Waals surface area contributed by atoms with Crippen molar-refractivity contribution in [1.29, 1.82) is 0 Å². The van der Waals surface area contributed by atoms with Crippen molar-refractivity contribution in [1.82, 2.24) is 4.98 Å². The lowest BCUT2D eigenvalue weighted by Gasteiger charge is -2.14. The van der Waals surface area contributed by atoms with Gasteiger partial charge in [0.05, 0.1) is 0 Å². The molecular formula is C19H18N2O. The number of anilines is 2. The molecule has 1 aromatic heterocycles. The Morgan fingerprint density at radius 3 is 2.18 bits per heavy atom. The van der Waals surface area contributed by atoms with E-state index >= 15 is 0 Å². The number of para-hydroxylation sites is 1. The molecule has 22 heavy (non-hydrogen) atoms. The van der Waals surface area contributed by atoms with Crippen molar-refractivity contribution >= 4 is 11.5 Å². The Labute approximate surface area is 130 Å². The molecular weight excluding hydrogens is 272 g/mol. The molecule has 0 saturated heterocycles. The van der Waals surface area contributed by atoms with Crippen LogP contribution >= 0.6 is 0 Å². The highest BCUT2D eigenvalue weighted by molar-refractivity contribution is 5.59. The van der Waals surface area contributed by atoms with Gasteiger partial charge in [-0.3, -0.25) is 0 Å². The van der Waals surface area contributed by atoms with Crippen LogP contribution in [0.25, 0.3) is 0 Å². The van der Waals surface area contributed by atoms with E-state index in [1.54, 1.807) is 6.20 Å². The summed E-state index contributed by atoms with van der Waals surface area (Å²) >= 11 is 0. The number of benzene rings is 2.